The molecule has 0 saturated carbocycles. The lowest BCUT2D eigenvalue weighted by molar-refractivity contribution is -0.113. The van der Waals surface area contributed by atoms with Gasteiger partial charge in [-0.15, -0.1) is 5.10 Å². The molecule has 2 aromatic carbocycles. The van der Waals surface area contributed by atoms with Crippen LogP contribution in [0.3, 0.4) is 0 Å². The number of aromatic nitrogens is 4. The van der Waals surface area contributed by atoms with Crippen molar-refractivity contribution in [2.75, 3.05) is 10.6 Å². The van der Waals surface area contributed by atoms with Gasteiger partial charge in [-0.25, -0.2) is 4.68 Å². The molecule has 33 heavy (non-hydrogen) atoms. The van der Waals surface area contributed by atoms with E-state index in [1.165, 1.54) is 0 Å². The number of aromatic hydroxyl groups is 1. The van der Waals surface area contributed by atoms with Crippen LogP contribution in [-0.2, 0) is 4.79 Å². The molecule has 8 heteroatoms. The molecule has 0 fully saturated rings. The second-order valence-corrected chi connectivity index (χ2v) is 7.87. The predicted octanol–water partition coefficient (Wildman–Crippen LogP) is 4.28. The maximum atomic E-state index is 13.4. The Labute approximate surface area is 190 Å². The Morgan fingerprint density at radius 2 is 1.85 bits per heavy atom. The summed E-state index contributed by atoms with van der Waals surface area (Å²) >= 11 is 0. The van der Waals surface area contributed by atoms with Gasteiger partial charge < -0.3 is 15.7 Å². The molecule has 4 aromatic rings. The van der Waals surface area contributed by atoms with Crippen LogP contribution in [0.25, 0.3) is 11.4 Å². The summed E-state index contributed by atoms with van der Waals surface area (Å²) < 4.78 is 1.72. The summed E-state index contributed by atoms with van der Waals surface area (Å²) in [7, 11) is 0. The number of anilines is 2. The lowest BCUT2D eigenvalue weighted by Gasteiger charge is -2.28. The number of benzene rings is 2. The Kier molecular flexibility index (Phi) is 5.10. The minimum absolute atomic E-state index is 0.147. The van der Waals surface area contributed by atoms with Gasteiger partial charge in [0, 0.05) is 17.5 Å². The van der Waals surface area contributed by atoms with E-state index < -0.39 is 6.04 Å². The number of nitrogens with zero attached hydrogens (tertiary/aromatic N) is 4. The van der Waals surface area contributed by atoms with Gasteiger partial charge in [-0.05, 0) is 49.2 Å². The Morgan fingerprint density at radius 3 is 2.58 bits per heavy atom. The quantitative estimate of drug-likeness (QED) is 0.439. The second kappa shape index (κ2) is 8.23. The average Bonchev–Trinajstić information content (AvgIpc) is 3.23. The van der Waals surface area contributed by atoms with E-state index in [2.05, 4.69) is 15.6 Å². The molecule has 0 radical (unpaired) electrons. The third kappa shape index (κ3) is 3.82. The van der Waals surface area contributed by atoms with Gasteiger partial charge >= 0.3 is 0 Å². The summed E-state index contributed by atoms with van der Waals surface area (Å²) in [6.45, 7) is 3.85. The van der Waals surface area contributed by atoms with Gasteiger partial charge in [-0.1, -0.05) is 36.4 Å². The highest BCUT2D eigenvalue weighted by Crippen LogP contribution is 2.37. The van der Waals surface area contributed by atoms with Gasteiger partial charge in [0.2, 0.25) is 5.95 Å². The largest absolute Gasteiger partial charge is 0.508 e. The molecule has 0 bridgehead atoms. The van der Waals surface area contributed by atoms with Crippen molar-refractivity contribution in [3.8, 4) is 17.1 Å². The van der Waals surface area contributed by atoms with Crippen molar-refractivity contribution in [2.24, 2.45) is 0 Å². The Balaban J connectivity index is 1.62. The molecule has 2 aromatic heterocycles. The number of hydrogen-bond donors (Lipinski definition) is 3. The van der Waals surface area contributed by atoms with Gasteiger partial charge in [-0.2, -0.15) is 4.98 Å². The predicted molar refractivity (Wildman–Crippen MR) is 126 cm³/mol. The van der Waals surface area contributed by atoms with Crippen molar-refractivity contribution >= 4 is 17.5 Å². The normalized spacial score (nSPS) is 15.0. The van der Waals surface area contributed by atoms with E-state index in [0.717, 1.165) is 16.7 Å². The second-order valence-electron chi connectivity index (χ2n) is 7.87. The van der Waals surface area contributed by atoms with Crippen molar-refractivity contribution in [1.82, 2.24) is 19.7 Å². The van der Waals surface area contributed by atoms with Crippen LogP contribution >= 0.6 is 0 Å². The SMILES string of the molecule is CC1=C(C(=O)Nc2cccnc2)C(c2ccc(O)cc2)n2nc(-c3ccccc3C)nc2N1. The third-order valence-electron chi connectivity index (χ3n) is 5.61. The van der Waals surface area contributed by atoms with E-state index in [1.54, 1.807) is 53.5 Å². The van der Waals surface area contributed by atoms with Crippen molar-refractivity contribution in [3.05, 3.63) is 95.5 Å². The minimum atomic E-state index is -0.538. The Morgan fingerprint density at radius 1 is 1.06 bits per heavy atom. The third-order valence-corrected chi connectivity index (χ3v) is 5.61. The molecule has 3 N–H and O–H groups in total. The molecule has 1 aliphatic heterocycles. The summed E-state index contributed by atoms with van der Waals surface area (Å²) in [5, 5.41) is 20.8. The van der Waals surface area contributed by atoms with E-state index in [9.17, 15) is 9.90 Å². The zero-order chi connectivity index (χ0) is 22.9. The van der Waals surface area contributed by atoms with Crippen LogP contribution in [0.2, 0.25) is 0 Å². The maximum absolute atomic E-state index is 13.4. The highest BCUT2D eigenvalue weighted by atomic mass is 16.3. The fourth-order valence-electron chi connectivity index (χ4n) is 3.98. The molecule has 0 spiro atoms. The van der Waals surface area contributed by atoms with Gasteiger partial charge in [0.1, 0.15) is 11.8 Å². The number of amides is 1. The fourth-order valence-corrected chi connectivity index (χ4v) is 3.98. The number of phenolic OH excluding ortho intramolecular Hbond substituents is 1. The summed E-state index contributed by atoms with van der Waals surface area (Å²) in [5.74, 6) is 0.988. The monoisotopic (exact) mass is 438 g/mol. The number of hydrogen-bond acceptors (Lipinski definition) is 6. The van der Waals surface area contributed by atoms with Crippen molar-refractivity contribution in [2.45, 2.75) is 19.9 Å². The number of carbonyl (C=O) groups is 1. The van der Waals surface area contributed by atoms with Crippen LogP contribution in [-0.4, -0.2) is 30.8 Å². The maximum Gasteiger partial charge on any atom is 0.255 e. The van der Waals surface area contributed by atoms with E-state index in [4.69, 9.17) is 10.1 Å². The lowest BCUT2D eigenvalue weighted by Crippen LogP contribution is -2.31. The molecular formula is C25H22N6O2. The molecule has 1 aliphatic rings. The summed E-state index contributed by atoms with van der Waals surface area (Å²) in [5.41, 5.74) is 4.54. The van der Waals surface area contributed by atoms with Gasteiger partial charge in [-0.3, -0.25) is 9.78 Å². The van der Waals surface area contributed by atoms with Crippen molar-refractivity contribution < 1.29 is 9.90 Å². The molecule has 0 aliphatic carbocycles. The van der Waals surface area contributed by atoms with Crippen LogP contribution in [0, 0.1) is 6.92 Å². The average molecular weight is 438 g/mol. The molecular weight excluding hydrogens is 416 g/mol. The lowest BCUT2D eigenvalue weighted by atomic mass is 9.95. The number of aryl methyl sites for hydroxylation is 1. The Hall–Kier alpha value is -4.46. The van der Waals surface area contributed by atoms with Crippen molar-refractivity contribution in [1.29, 1.82) is 0 Å². The fraction of sp³-hybridized carbons (Fsp3) is 0.120. The molecule has 1 atom stereocenters. The van der Waals surface area contributed by atoms with E-state index in [0.29, 0.717) is 28.7 Å². The smallest absolute Gasteiger partial charge is 0.255 e. The van der Waals surface area contributed by atoms with Crippen LogP contribution < -0.4 is 10.6 Å². The van der Waals surface area contributed by atoms with Crippen molar-refractivity contribution in [3.63, 3.8) is 0 Å². The molecule has 1 unspecified atom stereocenters. The molecule has 0 saturated heterocycles. The molecule has 164 valence electrons. The first-order chi connectivity index (χ1) is 16.0. The number of allylic oxidation sites excluding steroid dienone is 1. The number of pyridine rings is 1. The first-order valence-electron chi connectivity index (χ1n) is 10.5. The summed E-state index contributed by atoms with van der Waals surface area (Å²) in [4.78, 5) is 22.2. The Bertz CT molecular complexity index is 1360. The highest BCUT2D eigenvalue weighted by Gasteiger charge is 2.34. The summed E-state index contributed by atoms with van der Waals surface area (Å²) in [6, 6.07) is 17.7. The minimum Gasteiger partial charge on any atom is -0.508 e. The highest BCUT2D eigenvalue weighted by molar-refractivity contribution is 6.05. The number of rotatable bonds is 4. The van der Waals surface area contributed by atoms with Gasteiger partial charge in [0.25, 0.3) is 5.91 Å². The molecule has 1 amide bonds. The number of carbonyl (C=O) groups excluding carboxylic acids is 1. The molecule has 3 heterocycles. The summed E-state index contributed by atoms with van der Waals surface area (Å²) in [6.07, 6.45) is 3.24. The van der Waals surface area contributed by atoms with Gasteiger partial charge in [0.05, 0.1) is 17.5 Å². The van der Waals surface area contributed by atoms with E-state index >= 15 is 0 Å². The zero-order valence-corrected chi connectivity index (χ0v) is 18.1. The first-order valence-corrected chi connectivity index (χ1v) is 10.5. The van der Waals surface area contributed by atoms with Crippen LogP contribution in [0.5, 0.6) is 5.75 Å². The van der Waals surface area contributed by atoms with E-state index in [1.807, 2.05) is 38.1 Å². The van der Waals surface area contributed by atoms with Crippen LogP contribution in [0.4, 0.5) is 11.6 Å². The number of nitrogens with one attached hydrogen (secondary N) is 2. The van der Waals surface area contributed by atoms with Crippen LogP contribution in [0.1, 0.15) is 24.1 Å². The van der Waals surface area contributed by atoms with Crippen LogP contribution in [0.15, 0.2) is 84.3 Å². The first kappa shape index (κ1) is 20.4. The van der Waals surface area contributed by atoms with E-state index in [-0.39, 0.29) is 11.7 Å². The zero-order valence-electron chi connectivity index (χ0n) is 18.1. The number of phenols is 1. The topological polar surface area (TPSA) is 105 Å². The van der Waals surface area contributed by atoms with Gasteiger partial charge in [0.15, 0.2) is 5.82 Å². The molecule has 8 nitrogen and oxygen atoms in total. The standard InChI is InChI=1S/C25H22N6O2/c1-15-6-3-4-8-20(15)23-29-25-27-16(2)21(24(33)28-18-7-5-13-26-14-18)22(31(25)30-23)17-9-11-19(32)12-10-17/h3-14,22,32H,1-2H3,(H,28,33)(H,27,29,30). The number of fused-ring (bicyclic) bond motifs is 1. The molecule has 5 rings (SSSR count).